The lowest BCUT2D eigenvalue weighted by molar-refractivity contribution is -0.116. The van der Waals surface area contributed by atoms with E-state index in [-0.39, 0.29) is 17.9 Å². The average Bonchev–Trinajstić information content (AvgIpc) is 2.55. The molecule has 0 radical (unpaired) electrons. The molecular weight excluding hydrogens is 312 g/mol. The summed E-state index contributed by atoms with van der Waals surface area (Å²) in [4.78, 5) is 27.4. The maximum Gasteiger partial charge on any atom is 0.251 e. The van der Waals surface area contributed by atoms with Gasteiger partial charge in [-0.15, -0.1) is 0 Å². The minimum Gasteiger partial charge on any atom is -0.326 e. The van der Waals surface area contributed by atoms with Crippen LogP contribution in [0.2, 0.25) is 0 Å². The van der Waals surface area contributed by atoms with E-state index in [2.05, 4.69) is 16.4 Å². The number of carbonyl (C=O) groups is 1. The number of carbonyl (C=O) groups excluding carboxylic acids is 1. The van der Waals surface area contributed by atoms with E-state index in [0.717, 1.165) is 33.3 Å². The smallest absolute Gasteiger partial charge is 0.251 e. The van der Waals surface area contributed by atoms with Gasteiger partial charge in [-0.05, 0) is 62.1 Å². The van der Waals surface area contributed by atoms with Crippen LogP contribution in [0, 0.1) is 20.8 Å². The molecule has 0 bridgehead atoms. The maximum absolute atomic E-state index is 12.3. The molecule has 25 heavy (non-hydrogen) atoms. The minimum atomic E-state index is -0.124. The number of fused-ring (bicyclic) bond motifs is 1. The molecule has 0 aliphatic rings. The predicted molar refractivity (Wildman–Crippen MR) is 102 cm³/mol. The number of aromatic nitrogens is 1. The number of hydrogen-bond donors (Lipinski definition) is 2. The lowest BCUT2D eigenvalue weighted by Gasteiger charge is -2.09. The Balaban J connectivity index is 1.77. The first-order valence-electron chi connectivity index (χ1n) is 8.42. The third-order valence-corrected chi connectivity index (χ3v) is 4.43. The largest absolute Gasteiger partial charge is 0.326 e. The monoisotopic (exact) mass is 334 g/mol. The van der Waals surface area contributed by atoms with Crippen molar-refractivity contribution in [2.24, 2.45) is 0 Å². The van der Waals surface area contributed by atoms with E-state index in [1.165, 1.54) is 0 Å². The summed E-state index contributed by atoms with van der Waals surface area (Å²) in [5.41, 5.74) is 5.43. The molecule has 0 fully saturated rings. The first-order valence-corrected chi connectivity index (χ1v) is 8.42. The van der Waals surface area contributed by atoms with Gasteiger partial charge < -0.3 is 10.3 Å². The molecule has 1 aromatic heterocycles. The fourth-order valence-corrected chi connectivity index (χ4v) is 3.08. The van der Waals surface area contributed by atoms with Crippen molar-refractivity contribution in [3.63, 3.8) is 0 Å². The van der Waals surface area contributed by atoms with Gasteiger partial charge in [-0.25, -0.2) is 0 Å². The summed E-state index contributed by atoms with van der Waals surface area (Å²) in [7, 11) is 0. The van der Waals surface area contributed by atoms with E-state index >= 15 is 0 Å². The number of aryl methyl sites for hydroxylation is 4. The highest BCUT2D eigenvalue weighted by Crippen LogP contribution is 2.19. The predicted octanol–water partition coefficient (Wildman–Crippen LogP) is 4.02. The zero-order valence-electron chi connectivity index (χ0n) is 14.8. The van der Waals surface area contributed by atoms with Crippen molar-refractivity contribution in [2.75, 3.05) is 5.32 Å². The van der Waals surface area contributed by atoms with E-state index in [9.17, 15) is 9.59 Å². The molecule has 128 valence electrons. The highest BCUT2D eigenvalue weighted by atomic mass is 16.1. The highest BCUT2D eigenvalue weighted by Gasteiger charge is 2.09. The molecule has 0 atom stereocenters. The Morgan fingerprint density at radius 2 is 1.80 bits per heavy atom. The summed E-state index contributed by atoms with van der Waals surface area (Å²) >= 11 is 0. The average molecular weight is 334 g/mol. The number of rotatable bonds is 4. The Morgan fingerprint density at radius 3 is 2.56 bits per heavy atom. The van der Waals surface area contributed by atoms with E-state index in [0.29, 0.717) is 12.0 Å². The van der Waals surface area contributed by atoms with Gasteiger partial charge in [0, 0.05) is 28.6 Å². The van der Waals surface area contributed by atoms with E-state index < -0.39 is 0 Å². The third-order valence-electron chi connectivity index (χ3n) is 4.43. The van der Waals surface area contributed by atoms with Gasteiger partial charge in [0.25, 0.3) is 5.56 Å². The van der Waals surface area contributed by atoms with Crippen LogP contribution in [0.5, 0.6) is 0 Å². The van der Waals surface area contributed by atoms with E-state index in [1.807, 2.05) is 57.2 Å². The molecule has 2 N–H and O–H groups in total. The van der Waals surface area contributed by atoms with Crippen LogP contribution in [0.25, 0.3) is 10.9 Å². The topological polar surface area (TPSA) is 62.0 Å². The van der Waals surface area contributed by atoms with Crippen molar-refractivity contribution < 1.29 is 4.79 Å². The SMILES string of the molecule is Cc1cc(C)c2cc(CCC(=O)Nc3ccccc3C)c(=O)[nH]c2c1. The Labute approximate surface area is 146 Å². The molecule has 0 aliphatic carbocycles. The molecular formula is C21H22N2O2. The molecule has 0 saturated heterocycles. The fraction of sp³-hybridized carbons (Fsp3) is 0.238. The maximum atomic E-state index is 12.3. The van der Waals surface area contributed by atoms with Gasteiger partial charge in [-0.2, -0.15) is 0 Å². The number of aromatic amines is 1. The number of benzene rings is 2. The number of amides is 1. The Bertz CT molecular complexity index is 1000. The van der Waals surface area contributed by atoms with Crippen LogP contribution in [0.3, 0.4) is 0 Å². The molecule has 4 nitrogen and oxygen atoms in total. The van der Waals surface area contributed by atoms with Crippen LogP contribution in [0.1, 0.15) is 28.7 Å². The quantitative estimate of drug-likeness (QED) is 0.757. The molecule has 0 spiro atoms. The number of anilines is 1. The number of nitrogens with one attached hydrogen (secondary N) is 2. The van der Waals surface area contributed by atoms with Crippen molar-refractivity contribution in [1.82, 2.24) is 4.98 Å². The van der Waals surface area contributed by atoms with Crippen LogP contribution in [-0.2, 0) is 11.2 Å². The van der Waals surface area contributed by atoms with Crippen LogP contribution in [-0.4, -0.2) is 10.9 Å². The summed E-state index contributed by atoms with van der Waals surface area (Å²) in [6.45, 7) is 5.99. The Morgan fingerprint density at radius 1 is 1.04 bits per heavy atom. The minimum absolute atomic E-state index is 0.0885. The van der Waals surface area contributed by atoms with Gasteiger partial charge >= 0.3 is 0 Å². The second-order valence-electron chi connectivity index (χ2n) is 6.53. The first-order chi connectivity index (χ1) is 11.9. The zero-order valence-corrected chi connectivity index (χ0v) is 14.8. The molecule has 2 aromatic carbocycles. The fourth-order valence-electron chi connectivity index (χ4n) is 3.08. The van der Waals surface area contributed by atoms with Gasteiger partial charge in [-0.1, -0.05) is 24.3 Å². The third kappa shape index (κ3) is 3.79. The Hall–Kier alpha value is -2.88. The van der Waals surface area contributed by atoms with Crippen LogP contribution >= 0.6 is 0 Å². The van der Waals surface area contributed by atoms with Crippen molar-refractivity contribution in [3.8, 4) is 0 Å². The first kappa shape index (κ1) is 17.0. The number of para-hydroxylation sites is 1. The van der Waals surface area contributed by atoms with Crippen LogP contribution in [0.15, 0.2) is 47.3 Å². The molecule has 1 heterocycles. The summed E-state index contributed by atoms with van der Waals surface area (Å²) in [5.74, 6) is -0.0885. The summed E-state index contributed by atoms with van der Waals surface area (Å²) in [6.07, 6.45) is 0.685. The standard InChI is InChI=1S/C21H22N2O2/c1-13-10-15(3)17-12-16(21(25)23-19(17)11-13)8-9-20(24)22-18-7-5-4-6-14(18)2/h4-7,10-12H,8-9H2,1-3H3,(H,22,24)(H,23,25). The van der Waals surface area contributed by atoms with Gasteiger partial charge in [0.05, 0.1) is 0 Å². The number of H-pyrrole nitrogens is 1. The zero-order chi connectivity index (χ0) is 18.0. The molecule has 4 heteroatoms. The van der Waals surface area contributed by atoms with Crippen molar-refractivity contribution >= 4 is 22.5 Å². The lowest BCUT2D eigenvalue weighted by Crippen LogP contribution is -2.17. The molecule has 3 aromatic rings. The second kappa shape index (κ2) is 6.93. The lowest BCUT2D eigenvalue weighted by atomic mass is 10.0. The summed E-state index contributed by atoms with van der Waals surface area (Å²) in [6, 6.07) is 13.6. The van der Waals surface area contributed by atoms with Crippen LogP contribution < -0.4 is 10.9 Å². The van der Waals surface area contributed by atoms with E-state index in [4.69, 9.17) is 0 Å². The molecule has 0 saturated carbocycles. The molecule has 0 aliphatic heterocycles. The second-order valence-corrected chi connectivity index (χ2v) is 6.53. The van der Waals surface area contributed by atoms with Gasteiger partial charge in [-0.3, -0.25) is 9.59 Å². The van der Waals surface area contributed by atoms with Crippen molar-refractivity contribution in [3.05, 3.63) is 75.1 Å². The number of pyridine rings is 1. The summed E-state index contributed by atoms with van der Waals surface area (Å²) < 4.78 is 0. The van der Waals surface area contributed by atoms with Gasteiger partial charge in [0.1, 0.15) is 0 Å². The summed E-state index contributed by atoms with van der Waals surface area (Å²) in [5, 5.41) is 3.93. The molecule has 3 rings (SSSR count). The molecule has 0 unspecified atom stereocenters. The van der Waals surface area contributed by atoms with Crippen molar-refractivity contribution in [1.29, 1.82) is 0 Å². The Kier molecular flexibility index (Phi) is 4.70. The van der Waals surface area contributed by atoms with Gasteiger partial charge in [0.2, 0.25) is 5.91 Å². The number of hydrogen-bond acceptors (Lipinski definition) is 2. The van der Waals surface area contributed by atoms with E-state index in [1.54, 1.807) is 0 Å². The van der Waals surface area contributed by atoms with Crippen LogP contribution in [0.4, 0.5) is 5.69 Å². The molecule has 1 amide bonds. The van der Waals surface area contributed by atoms with Gasteiger partial charge in [0.15, 0.2) is 0 Å². The normalized spacial score (nSPS) is 10.8. The highest BCUT2D eigenvalue weighted by molar-refractivity contribution is 5.91. The van der Waals surface area contributed by atoms with Crippen molar-refractivity contribution in [2.45, 2.75) is 33.6 Å².